The van der Waals surface area contributed by atoms with Gasteiger partial charge in [0.05, 0.1) is 6.10 Å². The lowest BCUT2D eigenvalue weighted by atomic mass is 10.3. The summed E-state index contributed by atoms with van der Waals surface area (Å²) in [6.45, 7) is 4.33. The molecule has 0 atom stereocenters. The Kier molecular flexibility index (Phi) is 4.44. The van der Waals surface area contributed by atoms with Crippen LogP contribution in [0.1, 0.15) is 19.5 Å². The van der Waals surface area contributed by atoms with E-state index in [9.17, 15) is 0 Å². The zero-order chi connectivity index (χ0) is 11.1. The van der Waals surface area contributed by atoms with Crippen molar-refractivity contribution in [3.63, 3.8) is 0 Å². The lowest BCUT2D eigenvalue weighted by molar-refractivity contribution is 0.232. The highest BCUT2D eigenvalue weighted by atomic mass is 16.5. The molecule has 0 fully saturated rings. The summed E-state index contributed by atoms with van der Waals surface area (Å²) in [6, 6.07) is 5.59. The molecule has 0 radical (unpaired) electrons. The maximum Gasteiger partial charge on any atom is 0.213 e. The molecule has 0 aliphatic heterocycles. The van der Waals surface area contributed by atoms with E-state index in [1.165, 1.54) is 0 Å². The van der Waals surface area contributed by atoms with Crippen LogP contribution in [0.2, 0.25) is 0 Å². The molecule has 80 valence electrons. The molecule has 0 saturated heterocycles. The van der Waals surface area contributed by atoms with Crippen LogP contribution in [0.4, 0.5) is 0 Å². The van der Waals surface area contributed by atoms with Gasteiger partial charge in [-0.15, -0.1) is 0 Å². The van der Waals surface area contributed by atoms with Crippen molar-refractivity contribution in [1.29, 1.82) is 0 Å². The van der Waals surface area contributed by atoms with E-state index in [-0.39, 0.29) is 6.10 Å². The average Bonchev–Trinajstić information content (AvgIpc) is 2.18. The van der Waals surface area contributed by atoms with Gasteiger partial charge in [0.25, 0.3) is 0 Å². The predicted molar refractivity (Wildman–Crippen MR) is 57.7 cm³/mol. The first kappa shape index (κ1) is 11.3. The highest BCUT2D eigenvalue weighted by Crippen LogP contribution is 2.09. The van der Waals surface area contributed by atoms with Crippen LogP contribution < -0.4 is 4.74 Å². The van der Waals surface area contributed by atoms with Gasteiger partial charge in [0, 0.05) is 23.2 Å². The zero-order valence-electron chi connectivity index (χ0n) is 8.92. The smallest absolute Gasteiger partial charge is 0.213 e. The maximum absolute atomic E-state index is 8.13. The van der Waals surface area contributed by atoms with Gasteiger partial charge in [0.15, 0.2) is 0 Å². The third-order valence-electron chi connectivity index (χ3n) is 1.67. The Morgan fingerprint density at radius 3 is 3.00 bits per heavy atom. The number of pyridine rings is 1. The zero-order valence-corrected chi connectivity index (χ0v) is 8.92. The molecule has 0 aromatic carbocycles. The number of ether oxygens (including phenoxy) is 1. The summed E-state index contributed by atoms with van der Waals surface area (Å²) in [7, 11) is 0. The van der Waals surface area contributed by atoms with Crippen molar-refractivity contribution in [3.8, 4) is 5.88 Å². The van der Waals surface area contributed by atoms with Gasteiger partial charge in [-0.05, 0) is 31.9 Å². The molecule has 1 heterocycles. The molecule has 0 bridgehead atoms. The second-order valence-corrected chi connectivity index (χ2v) is 3.34. The number of rotatable bonds is 5. The van der Waals surface area contributed by atoms with E-state index in [1.807, 2.05) is 32.0 Å². The van der Waals surface area contributed by atoms with Gasteiger partial charge in [-0.25, -0.2) is 4.98 Å². The van der Waals surface area contributed by atoms with Gasteiger partial charge in [-0.3, -0.25) is 0 Å². The van der Waals surface area contributed by atoms with Crippen LogP contribution in [0.5, 0.6) is 5.88 Å². The molecular formula is C10H14N4O. The summed E-state index contributed by atoms with van der Waals surface area (Å²) < 4.78 is 5.45. The van der Waals surface area contributed by atoms with Crippen LogP contribution in [-0.2, 0) is 6.42 Å². The van der Waals surface area contributed by atoms with E-state index in [4.69, 9.17) is 10.3 Å². The monoisotopic (exact) mass is 206 g/mol. The predicted octanol–water partition coefficient (Wildman–Crippen LogP) is 2.72. The third kappa shape index (κ3) is 4.33. The first-order valence-corrected chi connectivity index (χ1v) is 4.86. The summed E-state index contributed by atoms with van der Waals surface area (Å²) in [5.74, 6) is 0.614. The first-order valence-electron chi connectivity index (χ1n) is 4.86. The maximum atomic E-state index is 8.13. The minimum Gasteiger partial charge on any atom is -0.475 e. The number of azide groups is 1. The summed E-state index contributed by atoms with van der Waals surface area (Å²) in [5.41, 5.74) is 9.01. The van der Waals surface area contributed by atoms with Gasteiger partial charge in [-0.1, -0.05) is 11.2 Å². The normalized spacial score (nSPS) is 9.80. The second-order valence-electron chi connectivity index (χ2n) is 3.34. The van der Waals surface area contributed by atoms with E-state index >= 15 is 0 Å². The SMILES string of the molecule is CC(C)Oc1cccc(CCN=[N+]=[N-])n1. The van der Waals surface area contributed by atoms with Crippen molar-refractivity contribution in [1.82, 2.24) is 4.98 Å². The molecule has 0 saturated carbocycles. The molecule has 0 N–H and O–H groups in total. The standard InChI is InChI=1S/C10H14N4O/c1-8(2)15-10-5-3-4-9(13-10)6-7-12-14-11/h3-5,8H,6-7H2,1-2H3. The molecule has 0 amide bonds. The van der Waals surface area contributed by atoms with Crippen LogP contribution in [-0.4, -0.2) is 17.6 Å². The van der Waals surface area contributed by atoms with Gasteiger partial charge >= 0.3 is 0 Å². The van der Waals surface area contributed by atoms with E-state index in [1.54, 1.807) is 0 Å². The average molecular weight is 206 g/mol. The van der Waals surface area contributed by atoms with E-state index in [0.29, 0.717) is 18.8 Å². The molecule has 0 aliphatic rings. The third-order valence-corrected chi connectivity index (χ3v) is 1.67. The molecule has 1 aromatic heterocycles. The Morgan fingerprint density at radius 2 is 2.33 bits per heavy atom. The number of aromatic nitrogens is 1. The van der Waals surface area contributed by atoms with Gasteiger partial charge in [0.2, 0.25) is 5.88 Å². The van der Waals surface area contributed by atoms with Crippen molar-refractivity contribution in [2.24, 2.45) is 5.11 Å². The number of nitrogens with zero attached hydrogens (tertiary/aromatic N) is 4. The van der Waals surface area contributed by atoms with Crippen LogP contribution in [0, 0.1) is 0 Å². The van der Waals surface area contributed by atoms with Crippen molar-refractivity contribution < 1.29 is 4.74 Å². The van der Waals surface area contributed by atoms with E-state index in [0.717, 1.165) is 5.69 Å². The minimum atomic E-state index is 0.116. The fourth-order valence-electron chi connectivity index (χ4n) is 1.11. The Hall–Kier alpha value is -1.74. The minimum absolute atomic E-state index is 0.116. The Bertz CT molecular complexity index is 358. The number of hydrogen-bond donors (Lipinski definition) is 0. The molecule has 1 rings (SSSR count). The van der Waals surface area contributed by atoms with Crippen LogP contribution >= 0.6 is 0 Å². The van der Waals surface area contributed by atoms with Crippen LogP contribution in [0.3, 0.4) is 0 Å². The Labute approximate surface area is 88.7 Å². The highest BCUT2D eigenvalue weighted by molar-refractivity contribution is 5.16. The van der Waals surface area contributed by atoms with Crippen molar-refractivity contribution in [2.75, 3.05) is 6.54 Å². The van der Waals surface area contributed by atoms with Gasteiger partial charge < -0.3 is 4.74 Å². The first-order chi connectivity index (χ1) is 7.22. The van der Waals surface area contributed by atoms with Crippen molar-refractivity contribution in [3.05, 3.63) is 34.3 Å². The second kappa shape index (κ2) is 5.88. The molecule has 0 aliphatic carbocycles. The summed E-state index contributed by atoms with van der Waals surface area (Å²) in [4.78, 5) is 6.97. The molecule has 15 heavy (non-hydrogen) atoms. The van der Waals surface area contributed by atoms with Crippen molar-refractivity contribution in [2.45, 2.75) is 26.4 Å². The van der Waals surface area contributed by atoms with E-state index in [2.05, 4.69) is 15.0 Å². The largest absolute Gasteiger partial charge is 0.475 e. The molecule has 0 spiro atoms. The molecule has 5 nitrogen and oxygen atoms in total. The van der Waals surface area contributed by atoms with E-state index < -0.39 is 0 Å². The van der Waals surface area contributed by atoms with Gasteiger partial charge in [-0.2, -0.15) is 0 Å². The lowest BCUT2D eigenvalue weighted by Crippen LogP contribution is -2.07. The fourth-order valence-corrected chi connectivity index (χ4v) is 1.11. The summed E-state index contributed by atoms with van der Waals surface area (Å²) in [6.07, 6.45) is 0.754. The summed E-state index contributed by atoms with van der Waals surface area (Å²) >= 11 is 0. The highest BCUT2D eigenvalue weighted by Gasteiger charge is 2.00. The Balaban J connectivity index is 2.61. The van der Waals surface area contributed by atoms with Crippen molar-refractivity contribution >= 4 is 0 Å². The van der Waals surface area contributed by atoms with Gasteiger partial charge in [0.1, 0.15) is 0 Å². The summed E-state index contributed by atoms with van der Waals surface area (Å²) in [5, 5.41) is 3.46. The fraction of sp³-hybridized carbons (Fsp3) is 0.500. The van der Waals surface area contributed by atoms with Crippen LogP contribution in [0.15, 0.2) is 23.3 Å². The quantitative estimate of drug-likeness (QED) is 0.422. The lowest BCUT2D eigenvalue weighted by Gasteiger charge is -2.09. The molecule has 1 aromatic rings. The Morgan fingerprint density at radius 1 is 1.53 bits per heavy atom. The topological polar surface area (TPSA) is 70.9 Å². The molecule has 0 unspecified atom stereocenters. The molecule has 5 heteroatoms. The van der Waals surface area contributed by atoms with Crippen LogP contribution in [0.25, 0.3) is 10.4 Å². The molecular weight excluding hydrogens is 192 g/mol. The number of hydrogen-bond acceptors (Lipinski definition) is 3.